The largest absolute Gasteiger partial charge is 0.382 e. The topological polar surface area (TPSA) is 107 Å². The van der Waals surface area contributed by atoms with Gasteiger partial charge in [0.15, 0.2) is 5.82 Å². The van der Waals surface area contributed by atoms with Gasteiger partial charge in [0.1, 0.15) is 17.9 Å². The van der Waals surface area contributed by atoms with Crippen molar-refractivity contribution in [3.05, 3.63) is 53.5 Å². The predicted molar refractivity (Wildman–Crippen MR) is 125 cm³/mol. The number of amides is 2. The van der Waals surface area contributed by atoms with Gasteiger partial charge in [-0.25, -0.2) is 14.8 Å². The molecule has 0 saturated heterocycles. The molecule has 1 aromatic carbocycles. The van der Waals surface area contributed by atoms with Gasteiger partial charge in [0.05, 0.1) is 5.52 Å². The number of hydrogen-bond donors (Lipinski definition) is 3. The van der Waals surface area contributed by atoms with E-state index in [1.54, 1.807) is 0 Å². The van der Waals surface area contributed by atoms with E-state index in [1.807, 2.05) is 38.1 Å². The van der Waals surface area contributed by atoms with Gasteiger partial charge in [-0.3, -0.25) is 0 Å². The van der Waals surface area contributed by atoms with Crippen LogP contribution >= 0.6 is 0 Å². The van der Waals surface area contributed by atoms with Gasteiger partial charge in [0.2, 0.25) is 0 Å². The molecule has 4 rings (SSSR count). The summed E-state index contributed by atoms with van der Waals surface area (Å²) in [7, 11) is 0. The molecule has 3 aromatic rings. The third kappa shape index (κ3) is 5.19. The molecule has 0 radical (unpaired) electrons. The Bertz CT molecular complexity index is 1070. The number of anilines is 1. The van der Waals surface area contributed by atoms with E-state index in [2.05, 4.69) is 37.3 Å². The minimum Gasteiger partial charge on any atom is -0.382 e. The van der Waals surface area contributed by atoms with Crippen molar-refractivity contribution in [3.8, 4) is 0 Å². The molecule has 1 fully saturated rings. The van der Waals surface area contributed by atoms with Gasteiger partial charge in [0.25, 0.3) is 0 Å². The van der Waals surface area contributed by atoms with Crippen LogP contribution in [0.4, 0.5) is 10.6 Å². The van der Waals surface area contributed by atoms with Crippen LogP contribution < -0.4 is 16.4 Å². The summed E-state index contributed by atoms with van der Waals surface area (Å²) in [6.45, 7) is 6.37. The predicted octanol–water partition coefficient (Wildman–Crippen LogP) is 3.49. The molecule has 1 saturated carbocycles. The lowest BCUT2D eigenvalue weighted by Gasteiger charge is -2.11. The van der Waals surface area contributed by atoms with Crippen molar-refractivity contribution in [3.63, 3.8) is 0 Å². The number of ether oxygens (including phenoxy) is 1. The number of nitrogens with two attached hydrogens (primary N) is 1. The first kappa shape index (κ1) is 22.1. The highest BCUT2D eigenvalue weighted by Crippen LogP contribution is 2.40. The molecule has 2 unspecified atom stereocenters. The number of unbranched alkanes of at least 4 members (excludes halogenated alkanes) is 1. The first-order valence-electron chi connectivity index (χ1n) is 11.4. The van der Waals surface area contributed by atoms with Crippen molar-refractivity contribution >= 4 is 22.9 Å². The standard InChI is InChI=1S/C24H32N6O2/c1-3-32-15-21-29-22-20(13-16(2)27-23(22)25)30(21)12-8-7-11-26-24(31)28-19-14-18(19)17-9-5-4-6-10-17/h4-6,9-10,13,18-19H,3,7-8,11-12,14-15H2,1-2H3,(H2,25,27)(H2,26,28,31). The monoisotopic (exact) mass is 436 g/mol. The number of nitrogen functional groups attached to an aromatic ring is 1. The van der Waals surface area contributed by atoms with E-state index >= 15 is 0 Å². The van der Waals surface area contributed by atoms with E-state index < -0.39 is 0 Å². The fraction of sp³-hybridized carbons (Fsp3) is 0.458. The Kier molecular flexibility index (Phi) is 6.90. The van der Waals surface area contributed by atoms with Crippen LogP contribution in [0.3, 0.4) is 0 Å². The molecule has 0 spiro atoms. The molecule has 2 atom stereocenters. The quantitative estimate of drug-likeness (QED) is 0.422. The van der Waals surface area contributed by atoms with Crippen molar-refractivity contribution in [2.24, 2.45) is 0 Å². The number of nitrogens with one attached hydrogen (secondary N) is 2. The summed E-state index contributed by atoms with van der Waals surface area (Å²) in [4.78, 5) is 21.2. The number of pyridine rings is 1. The highest BCUT2D eigenvalue weighted by atomic mass is 16.5. The van der Waals surface area contributed by atoms with Gasteiger partial charge in [-0.2, -0.15) is 0 Å². The molecule has 2 amide bonds. The van der Waals surface area contributed by atoms with Crippen LogP contribution in [0.5, 0.6) is 0 Å². The van der Waals surface area contributed by atoms with Gasteiger partial charge in [-0.05, 0) is 44.7 Å². The van der Waals surface area contributed by atoms with Gasteiger partial charge >= 0.3 is 6.03 Å². The van der Waals surface area contributed by atoms with E-state index in [0.29, 0.717) is 31.5 Å². The number of rotatable bonds is 10. The van der Waals surface area contributed by atoms with E-state index in [1.165, 1.54) is 5.56 Å². The van der Waals surface area contributed by atoms with Crippen molar-refractivity contribution < 1.29 is 9.53 Å². The Morgan fingerprint density at radius 1 is 1.25 bits per heavy atom. The third-order valence-corrected chi connectivity index (χ3v) is 5.83. The van der Waals surface area contributed by atoms with Crippen LogP contribution in [0.2, 0.25) is 0 Å². The first-order chi connectivity index (χ1) is 15.6. The Morgan fingerprint density at radius 2 is 2.06 bits per heavy atom. The zero-order valence-corrected chi connectivity index (χ0v) is 18.8. The van der Waals surface area contributed by atoms with Crippen molar-refractivity contribution in [1.29, 1.82) is 0 Å². The first-order valence-corrected chi connectivity index (χ1v) is 11.4. The molecule has 8 heteroatoms. The van der Waals surface area contributed by atoms with E-state index in [0.717, 1.165) is 48.4 Å². The molecule has 1 aliphatic rings. The summed E-state index contributed by atoms with van der Waals surface area (Å²) in [6, 6.07) is 12.5. The maximum atomic E-state index is 12.2. The second-order valence-corrected chi connectivity index (χ2v) is 8.30. The number of aromatic nitrogens is 3. The number of benzene rings is 1. The maximum absolute atomic E-state index is 12.2. The average molecular weight is 437 g/mol. The second kappa shape index (κ2) is 9.99. The number of fused-ring (bicyclic) bond motifs is 1. The van der Waals surface area contributed by atoms with Crippen molar-refractivity contribution in [1.82, 2.24) is 25.2 Å². The molecule has 2 aromatic heterocycles. The number of urea groups is 1. The summed E-state index contributed by atoms with van der Waals surface area (Å²) in [5.74, 6) is 1.74. The Morgan fingerprint density at radius 3 is 2.84 bits per heavy atom. The molecule has 8 nitrogen and oxygen atoms in total. The molecule has 1 aliphatic carbocycles. The van der Waals surface area contributed by atoms with Crippen molar-refractivity contribution in [2.45, 2.75) is 58.2 Å². The molecule has 4 N–H and O–H groups in total. The molecule has 170 valence electrons. The maximum Gasteiger partial charge on any atom is 0.315 e. The summed E-state index contributed by atoms with van der Waals surface area (Å²) in [6.07, 6.45) is 2.78. The van der Waals surface area contributed by atoms with Crippen LogP contribution in [-0.4, -0.2) is 39.8 Å². The number of carbonyl (C=O) groups excluding carboxylic acids is 1. The zero-order valence-electron chi connectivity index (χ0n) is 18.8. The molecule has 0 aliphatic heterocycles. The van der Waals surface area contributed by atoms with Gasteiger partial charge in [-0.1, -0.05) is 30.3 Å². The van der Waals surface area contributed by atoms with Gasteiger partial charge < -0.3 is 25.7 Å². The molecule has 2 heterocycles. The summed E-state index contributed by atoms with van der Waals surface area (Å²) in [5, 5.41) is 6.05. The van der Waals surface area contributed by atoms with Crippen LogP contribution in [0.15, 0.2) is 36.4 Å². The average Bonchev–Trinajstić information content (AvgIpc) is 3.46. The second-order valence-electron chi connectivity index (χ2n) is 8.30. The molecular formula is C24H32N6O2. The SMILES string of the molecule is CCOCc1nc2c(N)nc(C)cc2n1CCCCNC(=O)NC1CC1c1ccccc1. The Hall–Kier alpha value is -3.13. The van der Waals surface area contributed by atoms with E-state index in [4.69, 9.17) is 10.5 Å². The lowest BCUT2D eigenvalue weighted by molar-refractivity contribution is 0.126. The summed E-state index contributed by atoms with van der Waals surface area (Å²) in [5.41, 5.74) is 9.95. The fourth-order valence-corrected chi connectivity index (χ4v) is 4.11. The Balaban J connectivity index is 1.25. The van der Waals surface area contributed by atoms with Gasteiger partial charge in [0, 0.05) is 37.4 Å². The lowest BCUT2D eigenvalue weighted by atomic mass is 10.1. The van der Waals surface area contributed by atoms with Crippen LogP contribution in [0.25, 0.3) is 11.0 Å². The van der Waals surface area contributed by atoms with E-state index in [-0.39, 0.29) is 12.1 Å². The Labute approximate surface area is 188 Å². The highest BCUT2D eigenvalue weighted by molar-refractivity contribution is 5.85. The lowest BCUT2D eigenvalue weighted by Crippen LogP contribution is -2.37. The molecular weight excluding hydrogens is 404 g/mol. The summed E-state index contributed by atoms with van der Waals surface area (Å²) < 4.78 is 7.75. The van der Waals surface area contributed by atoms with Crippen LogP contribution in [0.1, 0.15) is 49.2 Å². The van der Waals surface area contributed by atoms with Crippen molar-refractivity contribution in [2.75, 3.05) is 18.9 Å². The number of imidazole rings is 1. The van der Waals surface area contributed by atoms with E-state index in [9.17, 15) is 4.79 Å². The number of carbonyl (C=O) groups is 1. The number of nitrogens with zero attached hydrogens (tertiary/aromatic N) is 3. The normalized spacial score (nSPS) is 17.4. The third-order valence-electron chi connectivity index (χ3n) is 5.83. The van der Waals surface area contributed by atoms with Gasteiger partial charge in [-0.15, -0.1) is 0 Å². The summed E-state index contributed by atoms with van der Waals surface area (Å²) >= 11 is 0. The van der Waals surface area contributed by atoms with Crippen LogP contribution in [0, 0.1) is 6.92 Å². The zero-order chi connectivity index (χ0) is 22.5. The fourth-order valence-electron chi connectivity index (χ4n) is 4.11. The van der Waals surface area contributed by atoms with Crippen LogP contribution in [-0.2, 0) is 17.9 Å². The minimum absolute atomic E-state index is 0.0898. The number of aryl methyl sites for hydroxylation is 2. The highest BCUT2D eigenvalue weighted by Gasteiger charge is 2.39. The minimum atomic E-state index is -0.0898. The number of hydrogen-bond acceptors (Lipinski definition) is 5. The molecule has 0 bridgehead atoms. The molecule has 32 heavy (non-hydrogen) atoms. The smallest absolute Gasteiger partial charge is 0.315 e.